The fraction of sp³-hybridized carbons (Fsp3) is 0.714. The molecule has 1 fully saturated rings. The molecule has 25 heavy (non-hydrogen) atoms. The molecule has 140 valence electrons. The lowest BCUT2D eigenvalue weighted by molar-refractivity contribution is 0.229. The van der Waals surface area contributed by atoms with E-state index in [1.54, 1.807) is 5.56 Å². The molecule has 2 aliphatic heterocycles. The van der Waals surface area contributed by atoms with Crippen molar-refractivity contribution in [2.24, 2.45) is 0 Å². The van der Waals surface area contributed by atoms with Crippen molar-refractivity contribution in [1.82, 2.24) is 20.4 Å². The Hall–Kier alpha value is -0.940. The van der Waals surface area contributed by atoms with Crippen LogP contribution in [-0.4, -0.2) is 68.7 Å². The molecule has 0 atom stereocenters. The Balaban J connectivity index is 1.14. The molecule has 3 rings (SSSR count). The van der Waals surface area contributed by atoms with Gasteiger partial charge in [-0.05, 0) is 63.0 Å². The maximum atomic E-state index is 3.58. The number of likely N-dealkylation sites (tertiary alicyclic amines) is 1. The van der Waals surface area contributed by atoms with E-state index >= 15 is 0 Å². The highest BCUT2D eigenvalue weighted by Crippen LogP contribution is 2.18. The van der Waals surface area contributed by atoms with Gasteiger partial charge in [-0.25, -0.2) is 0 Å². The molecule has 0 saturated carbocycles. The molecule has 0 bridgehead atoms. The van der Waals surface area contributed by atoms with Gasteiger partial charge in [0.2, 0.25) is 0 Å². The van der Waals surface area contributed by atoms with Crippen molar-refractivity contribution in [2.45, 2.75) is 38.6 Å². The van der Waals surface area contributed by atoms with Crippen LogP contribution in [0.1, 0.15) is 36.8 Å². The molecular formula is C21H36N4. The molecule has 1 aromatic carbocycles. The summed E-state index contributed by atoms with van der Waals surface area (Å²) < 4.78 is 0. The summed E-state index contributed by atoms with van der Waals surface area (Å²) in [6, 6.07) is 8.91. The lowest BCUT2D eigenvalue weighted by atomic mass is 10.00. The third-order valence-electron chi connectivity index (χ3n) is 5.57. The van der Waals surface area contributed by atoms with Crippen LogP contribution in [0.3, 0.4) is 0 Å². The van der Waals surface area contributed by atoms with Crippen LogP contribution in [0, 0.1) is 0 Å². The molecule has 2 N–H and O–H groups in total. The first-order valence-corrected chi connectivity index (χ1v) is 10.3. The number of nitrogens with zero attached hydrogens (tertiary/aromatic N) is 2. The van der Waals surface area contributed by atoms with Crippen LogP contribution in [-0.2, 0) is 13.0 Å². The van der Waals surface area contributed by atoms with E-state index in [1.807, 2.05) is 0 Å². The first-order valence-electron chi connectivity index (χ1n) is 10.3. The van der Waals surface area contributed by atoms with Crippen LogP contribution in [0.2, 0.25) is 0 Å². The Bertz CT molecular complexity index is 485. The van der Waals surface area contributed by atoms with Crippen LogP contribution < -0.4 is 10.6 Å². The maximum Gasteiger partial charge on any atom is 0.0236 e. The van der Waals surface area contributed by atoms with Crippen molar-refractivity contribution in [3.63, 3.8) is 0 Å². The van der Waals surface area contributed by atoms with E-state index in [-0.39, 0.29) is 0 Å². The predicted molar refractivity (Wildman–Crippen MR) is 106 cm³/mol. The van der Waals surface area contributed by atoms with E-state index in [1.165, 1.54) is 70.4 Å². The van der Waals surface area contributed by atoms with E-state index < -0.39 is 0 Å². The van der Waals surface area contributed by atoms with Gasteiger partial charge in [0.05, 0.1) is 0 Å². The normalized spacial score (nSPS) is 19.0. The van der Waals surface area contributed by atoms with Crippen molar-refractivity contribution in [2.75, 3.05) is 58.9 Å². The molecule has 4 heteroatoms. The van der Waals surface area contributed by atoms with Gasteiger partial charge in [-0.1, -0.05) is 30.7 Å². The highest BCUT2D eigenvalue weighted by Gasteiger charge is 2.14. The van der Waals surface area contributed by atoms with E-state index in [2.05, 4.69) is 44.7 Å². The lowest BCUT2D eigenvalue weighted by Gasteiger charge is -2.28. The highest BCUT2D eigenvalue weighted by molar-refractivity contribution is 5.28. The largest absolute Gasteiger partial charge is 0.315 e. The first-order chi connectivity index (χ1) is 12.4. The fourth-order valence-corrected chi connectivity index (χ4v) is 4.02. The smallest absolute Gasteiger partial charge is 0.0236 e. The van der Waals surface area contributed by atoms with Crippen LogP contribution in [0.25, 0.3) is 0 Å². The molecule has 0 aliphatic carbocycles. The molecule has 1 saturated heterocycles. The first kappa shape index (κ1) is 18.8. The van der Waals surface area contributed by atoms with E-state index in [0.29, 0.717) is 0 Å². The van der Waals surface area contributed by atoms with Gasteiger partial charge in [-0.15, -0.1) is 0 Å². The monoisotopic (exact) mass is 344 g/mol. The lowest BCUT2D eigenvalue weighted by Crippen LogP contribution is -2.38. The maximum absolute atomic E-state index is 3.58. The third kappa shape index (κ3) is 6.70. The Morgan fingerprint density at radius 2 is 1.48 bits per heavy atom. The summed E-state index contributed by atoms with van der Waals surface area (Å²) in [6.45, 7) is 11.8. The summed E-state index contributed by atoms with van der Waals surface area (Å²) in [5.41, 5.74) is 3.08. The van der Waals surface area contributed by atoms with E-state index in [0.717, 1.165) is 32.7 Å². The van der Waals surface area contributed by atoms with Gasteiger partial charge in [0.1, 0.15) is 0 Å². The fourth-order valence-electron chi connectivity index (χ4n) is 4.02. The molecule has 4 nitrogen and oxygen atoms in total. The van der Waals surface area contributed by atoms with Gasteiger partial charge in [-0.2, -0.15) is 0 Å². The number of hydrogen-bond acceptors (Lipinski definition) is 4. The van der Waals surface area contributed by atoms with Crippen LogP contribution in [0.15, 0.2) is 24.3 Å². The molecule has 0 radical (unpaired) electrons. The topological polar surface area (TPSA) is 30.5 Å². The quantitative estimate of drug-likeness (QED) is 0.637. The van der Waals surface area contributed by atoms with Crippen molar-refractivity contribution >= 4 is 0 Å². The molecule has 0 unspecified atom stereocenters. The highest BCUT2D eigenvalue weighted by atomic mass is 15.1. The average molecular weight is 345 g/mol. The predicted octanol–water partition coefficient (Wildman–Crippen LogP) is 2.10. The minimum atomic E-state index is 1.09. The number of benzene rings is 1. The Morgan fingerprint density at radius 3 is 2.32 bits per heavy atom. The Morgan fingerprint density at radius 1 is 0.720 bits per heavy atom. The van der Waals surface area contributed by atoms with Gasteiger partial charge < -0.3 is 15.5 Å². The minimum Gasteiger partial charge on any atom is -0.315 e. The Labute approximate surface area is 154 Å². The zero-order chi connectivity index (χ0) is 17.2. The van der Waals surface area contributed by atoms with Crippen LogP contribution in [0.4, 0.5) is 0 Å². The third-order valence-corrected chi connectivity index (χ3v) is 5.57. The van der Waals surface area contributed by atoms with Crippen LogP contribution >= 0.6 is 0 Å². The van der Waals surface area contributed by atoms with Crippen molar-refractivity contribution < 1.29 is 0 Å². The van der Waals surface area contributed by atoms with Gasteiger partial charge in [0.15, 0.2) is 0 Å². The molecule has 0 amide bonds. The molecule has 0 spiro atoms. The van der Waals surface area contributed by atoms with Crippen LogP contribution in [0.5, 0.6) is 0 Å². The van der Waals surface area contributed by atoms with Gasteiger partial charge in [-0.3, -0.25) is 4.90 Å². The zero-order valence-corrected chi connectivity index (χ0v) is 15.8. The van der Waals surface area contributed by atoms with Crippen molar-refractivity contribution in [3.8, 4) is 0 Å². The zero-order valence-electron chi connectivity index (χ0n) is 15.8. The van der Waals surface area contributed by atoms with Gasteiger partial charge in [0, 0.05) is 39.3 Å². The van der Waals surface area contributed by atoms with E-state index in [9.17, 15) is 0 Å². The summed E-state index contributed by atoms with van der Waals surface area (Å²) in [6.07, 6.45) is 6.67. The SMILES string of the molecule is c1ccc2c(c1)CCN(CCCNCCNCCN1CCCCC1)C2. The van der Waals surface area contributed by atoms with Gasteiger partial charge in [0.25, 0.3) is 0 Å². The number of nitrogens with one attached hydrogen (secondary N) is 2. The van der Waals surface area contributed by atoms with Gasteiger partial charge >= 0.3 is 0 Å². The number of fused-ring (bicyclic) bond motifs is 1. The number of piperidine rings is 1. The summed E-state index contributed by atoms with van der Waals surface area (Å²) in [5, 5.41) is 7.15. The molecule has 1 aromatic rings. The molecule has 0 aromatic heterocycles. The molecule has 2 heterocycles. The van der Waals surface area contributed by atoms with E-state index in [4.69, 9.17) is 0 Å². The second kappa shape index (κ2) is 10.9. The average Bonchev–Trinajstić information content (AvgIpc) is 2.67. The minimum absolute atomic E-state index is 1.09. The molecule has 2 aliphatic rings. The summed E-state index contributed by atoms with van der Waals surface area (Å²) in [5.74, 6) is 0. The number of rotatable bonds is 10. The summed E-state index contributed by atoms with van der Waals surface area (Å²) in [4.78, 5) is 5.20. The van der Waals surface area contributed by atoms with Crippen molar-refractivity contribution in [3.05, 3.63) is 35.4 Å². The number of hydrogen-bond donors (Lipinski definition) is 2. The summed E-state index contributed by atoms with van der Waals surface area (Å²) >= 11 is 0. The van der Waals surface area contributed by atoms with Crippen molar-refractivity contribution in [1.29, 1.82) is 0 Å². The summed E-state index contributed by atoms with van der Waals surface area (Å²) in [7, 11) is 0. The Kier molecular flexibility index (Phi) is 8.23. The molecular weight excluding hydrogens is 308 g/mol. The second-order valence-electron chi connectivity index (χ2n) is 7.55. The standard InChI is InChI=1S/C21H36N4/c1-4-14-24(15-5-1)18-13-23-12-11-22-10-6-16-25-17-9-20-7-2-3-8-21(20)19-25/h2-3,7-8,22-23H,1,4-6,9-19H2. The second-order valence-corrected chi connectivity index (χ2v) is 7.55.